The van der Waals surface area contributed by atoms with Gasteiger partial charge in [-0.05, 0) is 36.4 Å². The molecule has 37 heavy (non-hydrogen) atoms. The monoisotopic (exact) mass is 503 g/mol. The molecule has 0 unspecified atom stereocenters. The second-order valence-electron chi connectivity index (χ2n) is 7.81. The van der Waals surface area contributed by atoms with Crippen molar-refractivity contribution in [1.29, 1.82) is 0 Å². The highest BCUT2D eigenvalue weighted by atomic mass is 16.2. The van der Waals surface area contributed by atoms with Crippen molar-refractivity contribution in [3.05, 3.63) is 91.0 Å². The Morgan fingerprint density at radius 1 is 0.514 bits per heavy atom. The summed E-state index contributed by atoms with van der Waals surface area (Å²) in [6.45, 7) is 0.597. The topological polar surface area (TPSA) is 144 Å². The zero-order valence-electron chi connectivity index (χ0n) is 20.1. The Hall–Kier alpha value is -5.06. The van der Waals surface area contributed by atoms with Crippen LogP contribution < -0.4 is 37.2 Å². The van der Waals surface area contributed by atoms with Gasteiger partial charge in [-0.15, -0.1) is 0 Å². The highest BCUT2D eigenvalue weighted by Gasteiger charge is 2.13. The van der Waals surface area contributed by atoms with Gasteiger partial charge in [0.05, 0.1) is 0 Å². The number of nitrogens with zero attached hydrogens (tertiary/aromatic N) is 1. The molecule has 0 atom stereocenters. The summed E-state index contributed by atoms with van der Waals surface area (Å²) in [5.41, 5.74) is 11.4. The molecular formula is C26H29N7O4. The van der Waals surface area contributed by atoms with Crippen LogP contribution in [-0.4, -0.2) is 37.0 Å². The van der Waals surface area contributed by atoms with Crippen LogP contribution in [0.15, 0.2) is 91.0 Å². The number of anilines is 3. The fourth-order valence-corrected chi connectivity index (χ4v) is 3.23. The molecule has 0 bridgehead atoms. The lowest BCUT2D eigenvalue weighted by Crippen LogP contribution is -2.46. The first-order valence-corrected chi connectivity index (χ1v) is 11.6. The van der Waals surface area contributed by atoms with E-state index in [-0.39, 0.29) is 12.8 Å². The van der Waals surface area contributed by atoms with Crippen LogP contribution in [0.25, 0.3) is 0 Å². The van der Waals surface area contributed by atoms with Crippen molar-refractivity contribution in [2.75, 3.05) is 28.6 Å². The van der Waals surface area contributed by atoms with Crippen LogP contribution in [0.2, 0.25) is 0 Å². The van der Waals surface area contributed by atoms with Gasteiger partial charge in [0.25, 0.3) is 0 Å². The van der Waals surface area contributed by atoms with Crippen LogP contribution in [0.3, 0.4) is 0 Å². The van der Waals surface area contributed by atoms with Crippen molar-refractivity contribution in [1.82, 2.24) is 21.7 Å². The maximum atomic E-state index is 12.3. The fourth-order valence-electron chi connectivity index (χ4n) is 3.23. The van der Waals surface area contributed by atoms with Crippen LogP contribution in [-0.2, 0) is 9.59 Å². The lowest BCUT2D eigenvalue weighted by Gasteiger charge is -2.24. The standard InChI is InChI=1S/C26H29N7O4/c34-23(29-31-25(36)27-20-10-4-1-5-11-20)16-18-33(22-14-8-3-9-15-22)19-17-24(35)30-32-26(37)28-21-12-6-2-7-13-21/h1-15H,16-19H2,(H,29,34)(H,30,35)(H2,27,31,36)(H2,28,32,37). The first-order valence-electron chi connectivity index (χ1n) is 11.6. The molecule has 192 valence electrons. The number of hydrogen-bond donors (Lipinski definition) is 6. The van der Waals surface area contributed by atoms with Gasteiger partial charge >= 0.3 is 12.1 Å². The zero-order chi connectivity index (χ0) is 26.3. The highest BCUT2D eigenvalue weighted by Crippen LogP contribution is 2.14. The molecule has 0 aliphatic carbocycles. The van der Waals surface area contributed by atoms with E-state index in [1.165, 1.54) is 0 Å². The van der Waals surface area contributed by atoms with Gasteiger partial charge < -0.3 is 15.5 Å². The lowest BCUT2D eigenvalue weighted by molar-refractivity contribution is -0.122. The van der Waals surface area contributed by atoms with Gasteiger partial charge in [0, 0.05) is 43.0 Å². The van der Waals surface area contributed by atoms with E-state index in [0.717, 1.165) is 5.69 Å². The molecule has 3 aromatic rings. The van der Waals surface area contributed by atoms with E-state index in [1.54, 1.807) is 48.5 Å². The molecule has 11 nitrogen and oxygen atoms in total. The maximum absolute atomic E-state index is 12.3. The SMILES string of the molecule is O=C(CCN(CCC(=O)NNC(=O)Nc1ccccc1)c1ccccc1)NNC(=O)Nc1ccccc1. The first kappa shape index (κ1) is 26.5. The molecule has 0 aliphatic heterocycles. The molecule has 3 rings (SSSR count). The number of carbonyl (C=O) groups is 4. The van der Waals surface area contributed by atoms with Gasteiger partial charge in [0.2, 0.25) is 11.8 Å². The summed E-state index contributed by atoms with van der Waals surface area (Å²) in [4.78, 5) is 50.3. The van der Waals surface area contributed by atoms with E-state index < -0.39 is 23.9 Å². The fraction of sp³-hybridized carbons (Fsp3) is 0.154. The van der Waals surface area contributed by atoms with Crippen molar-refractivity contribution < 1.29 is 19.2 Å². The van der Waals surface area contributed by atoms with Gasteiger partial charge in [-0.1, -0.05) is 54.6 Å². The molecule has 0 aromatic heterocycles. The van der Waals surface area contributed by atoms with Gasteiger partial charge in [-0.2, -0.15) is 0 Å². The average Bonchev–Trinajstić information content (AvgIpc) is 2.92. The molecule has 11 heteroatoms. The van der Waals surface area contributed by atoms with Crippen molar-refractivity contribution in [2.24, 2.45) is 0 Å². The number of amides is 6. The number of carbonyl (C=O) groups excluding carboxylic acids is 4. The quantitative estimate of drug-likeness (QED) is 0.249. The predicted molar refractivity (Wildman–Crippen MR) is 141 cm³/mol. The van der Waals surface area contributed by atoms with E-state index in [1.807, 2.05) is 47.4 Å². The summed E-state index contributed by atoms with van der Waals surface area (Å²) in [7, 11) is 0. The van der Waals surface area contributed by atoms with E-state index in [9.17, 15) is 19.2 Å². The number of rotatable bonds is 9. The van der Waals surface area contributed by atoms with Crippen LogP contribution in [0.4, 0.5) is 26.7 Å². The number of hydrogen-bond acceptors (Lipinski definition) is 5. The second-order valence-corrected chi connectivity index (χ2v) is 7.81. The smallest absolute Gasteiger partial charge is 0.337 e. The van der Waals surface area contributed by atoms with Crippen molar-refractivity contribution in [2.45, 2.75) is 12.8 Å². The van der Waals surface area contributed by atoms with Crippen LogP contribution in [0.1, 0.15) is 12.8 Å². The van der Waals surface area contributed by atoms with Gasteiger partial charge in [-0.25, -0.2) is 20.4 Å². The summed E-state index contributed by atoms with van der Waals surface area (Å²) in [6.07, 6.45) is 0.139. The maximum Gasteiger partial charge on any atom is 0.337 e. The molecule has 0 spiro atoms. The number of benzene rings is 3. The number of para-hydroxylation sites is 3. The highest BCUT2D eigenvalue weighted by molar-refractivity contribution is 5.91. The minimum atomic E-state index is -0.570. The number of hydrazine groups is 2. The summed E-state index contributed by atoms with van der Waals surface area (Å²) in [6, 6.07) is 25.8. The first-order chi connectivity index (χ1) is 18.0. The molecule has 6 amide bonds. The third-order valence-electron chi connectivity index (χ3n) is 5.03. The Bertz CT molecular complexity index is 1090. The van der Waals surface area contributed by atoms with Gasteiger partial charge in [-0.3, -0.25) is 20.4 Å². The minimum Gasteiger partial charge on any atom is -0.370 e. The molecule has 6 N–H and O–H groups in total. The van der Waals surface area contributed by atoms with Gasteiger partial charge in [0.15, 0.2) is 0 Å². The average molecular weight is 504 g/mol. The van der Waals surface area contributed by atoms with E-state index in [2.05, 4.69) is 32.3 Å². The molecule has 0 fully saturated rings. The summed E-state index contributed by atoms with van der Waals surface area (Å²) >= 11 is 0. The van der Waals surface area contributed by atoms with Crippen molar-refractivity contribution in [3.8, 4) is 0 Å². The normalized spacial score (nSPS) is 9.95. The lowest BCUT2D eigenvalue weighted by atomic mass is 10.2. The Kier molecular flexibility index (Phi) is 10.3. The van der Waals surface area contributed by atoms with Gasteiger partial charge in [0.1, 0.15) is 0 Å². The Balaban J connectivity index is 1.42. The Morgan fingerprint density at radius 2 is 0.892 bits per heavy atom. The van der Waals surface area contributed by atoms with Crippen molar-refractivity contribution in [3.63, 3.8) is 0 Å². The summed E-state index contributed by atoms with van der Waals surface area (Å²) in [5, 5.41) is 5.20. The Labute approximate surface area is 214 Å². The summed E-state index contributed by atoms with van der Waals surface area (Å²) < 4.78 is 0. The van der Waals surface area contributed by atoms with E-state index in [0.29, 0.717) is 24.5 Å². The number of urea groups is 2. The number of nitrogens with one attached hydrogen (secondary N) is 6. The van der Waals surface area contributed by atoms with Crippen LogP contribution >= 0.6 is 0 Å². The zero-order valence-corrected chi connectivity index (χ0v) is 20.1. The third-order valence-corrected chi connectivity index (χ3v) is 5.03. The Morgan fingerprint density at radius 3 is 1.30 bits per heavy atom. The molecule has 3 aromatic carbocycles. The van der Waals surface area contributed by atoms with Crippen molar-refractivity contribution >= 4 is 40.9 Å². The third kappa shape index (κ3) is 9.99. The summed E-state index contributed by atoms with van der Waals surface area (Å²) in [5.74, 6) is -0.791. The minimum absolute atomic E-state index is 0.0693. The van der Waals surface area contributed by atoms with E-state index >= 15 is 0 Å². The molecular weight excluding hydrogens is 474 g/mol. The van der Waals surface area contributed by atoms with E-state index in [4.69, 9.17) is 0 Å². The molecule has 0 saturated heterocycles. The second kappa shape index (κ2) is 14.4. The predicted octanol–water partition coefficient (Wildman–Crippen LogP) is 2.98. The van der Waals surface area contributed by atoms with Crippen LogP contribution in [0, 0.1) is 0 Å². The largest absolute Gasteiger partial charge is 0.370 e. The molecule has 0 saturated carbocycles. The van der Waals surface area contributed by atoms with Crippen LogP contribution in [0.5, 0.6) is 0 Å². The molecule has 0 heterocycles. The molecule has 0 radical (unpaired) electrons. The molecule has 0 aliphatic rings.